The first-order valence-electron chi connectivity index (χ1n) is 6.60. The summed E-state index contributed by atoms with van der Waals surface area (Å²) >= 11 is 0. The SMILES string of the molecule is CCCC(C)CC=O.CCCCCCC=O. The molecule has 0 bridgehead atoms. The van der Waals surface area contributed by atoms with E-state index in [0.29, 0.717) is 5.92 Å². The van der Waals surface area contributed by atoms with Crippen molar-refractivity contribution < 1.29 is 9.59 Å². The number of aldehydes is 2. The van der Waals surface area contributed by atoms with Crippen LogP contribution in [0.5, 0.6) is 0 Å². The summed E-state index contributed by atoms with van der Waals surface area (Å²) in [6.07, 6.45) is 10.7. The van der Waals surface area contributed by atoms with Crippen molar-refractivity contribution in [2.24, 2.45) is 5.92 Å². The molecule has 0 aliphatic heterocycles. The Bertz CT molecular complexity index is 144. The van der Waals surface area contributed by atoms with Crippen LogP contribution in [0.2, 0.25) is 0 Å². The summed E-state index contributed by atoms with van der Waals surface area (Å²) in [7, 11) is 0. The van der Waals surface area contributed by atoms with Crippen molar-refractivity contribution in [2.75, 3.05) is 0 Å². The second kappa shape index (κ2) is 16.8. The van der Waals surface area contributed by atoms with Gasteiger partial charge in [0.05, 0.1) is 0 Å². The van der Waals surface area contributed by atoms with Crippen LogP contribution < -0.4 is 0 Å². The van der Waals surface area contributed by atoms with E-state index < -0.39 is 0 Å². The van der Waals surface area contributed by atoms with E-state index in [4.69, 9.17) is 0 Å². The molecule has 0 saturated carbocycles. The molecule has 0 heterocycles. The normalized spacial score (nSPS) is 11.2. The summed E-state index contributed by atoms with van der Waals surface area (Å²) < 4.78 is 0. The number of unbranched alkanes of at least 4 members (excludes halogenated alkanes) is 4. The van der Waals surface area contributed by atoms with Crippen molar-refractivity contribution in [1.29, 1.82) is 0 Å². The monoisotopic (exact) mass is 228 g/mol. The molecule has 0 aromatic rings. The standard InChI is InChI=1S/2C7H14O/c1-3-4-7(2)5-6-8;1-2-3-4-5-6-7-8/h6-7H,3-5H2,1-2H3;7H,2-6H2,1H3. The maximum absolute atomic E-state index is 9.89. The highest BCUT2D eigenvalue weighted by Gasteiger charge is 1.96. The molecule has 2 heteroatoms. The summed E-state index contributed by atoms with van der Waals surface area (Å²) in [4.78, 5) is 19.7. The van der Waals surface area contributed by atoms with Gasteiger partial charge in [0.1, 0.15) is 12.6 Å². The van der Waals surface area contributed by atoms with Crippen molar-refractivity contribution in [3.63, 3.8) is 0 Å². The van der Waals surface area contributed by atoms with Gasteiger partial charge in [-0.1, -0.05) is 52.9 Å². The van der Waals surface area contributed by atoms with E-state index in [1.165, 1.54) is 32.1 Å². The number of rotatable bonds is 9. The van der Waals surface area contributed by atoms with Crippen molar-refractivity contribution >= 4 is 12.6 Å². The van der Waals surface area contributed by atoms with Crippen molar-refractivity contribution in [2.45, 2.75) is 72.1 Å². The van der Waals surface area contributed by atoms with Crippen molar-refractivity contribution in [3.05, 3.63) is 0 Å². The predicted molar refractivity (Wildman–Crippen MR) is 69.6 cm³/mol. The summed E-state index contributed by atoms with van der Waals surface area (Å²) in [5.41, 5.74) is 0. The van der Waals surface area contributed by atoms with Crippen LogP contribution in [0.4, 0.5) is 0 Å². The zero-order valence-electron chi connectivity index (χ0n) is 11.2. The summed E-state index contributed by atoms with van der Waals surface area (Å²) in [5.74, 6) is 0.595. The molecule has 0 spiro atoms. The molecule has 0 rings (SSSR count). The Kier molecular flexibility index (Phi) is 18.6. The van der Waals surface area contributed by atoms with E-state index in [2.05, 4.69) is 20.8 Å². The van der Waals surface area contributed by atoms with Crippen molar-refractivity contribution in [1.82, 2.24) is 0 Å². The van der Waals surface area contributed by atoms with Gasteiger partial charge in [0.2, 0.25) is 0 Å². The van der Waals surface area contributed by atoms with Gasteiger partial charge in [-0.05, 0) is 12.3 Å². The van der Waals surface area contributed by atoms with Gasteiger partial charge in [0, 0.05) is 12.8 Å². The zero-order valence-corrected chi connectivity index (χ0v) is 11.2. The minimum absolute atomic E-state index is 0.595. The molecule has 1 unspecified atom stereocenters. The van der Waals surface area contributed by atoms with Crippen LogP contribution in [0.3, 0.4) is 0 Å². The van der Waals surface area contributed by atoms with E-state index in [0.717, 1.165) is 31.8 Å². The highest BCUT2D eigenvalue weighted by Crippen LogP contribution is 2.06. The first-order valence-corrected chi connectivity index (χ1v) is 6.60. The molecule has 16 heavy (non-hydrogen) atoms. The lowest BCUT2D eigenvalue weighted by atomic mass is 10.0. The molecular formula is C14H28O2. The quantitative estimate of drug-likeness (QED) is 0.438. The summed E-state index contributed by atoms with van der Waals surface area (Å²) in [6.45, 7) is 6.42. The molecule has 96 valence electrons. The van der Waals surface area contributed by atoms with Gasteiger partial charge in [0.25, 0.3) is 0 Å². The summed E-state index contributed by atoms with van der Waals surface area (Å²) in [5, 5.41) is 0. The van der Waals surface area contributed by atoms with Crippen molar-refractivity contribution in [3.8, 4) is 0 Å². The number of hydrogen-bond donors (Lipinski definition) is 0. The molecule has 0 aliphatic rings. The fourth-order valence-electron chi connectivity index (χ4n) is 1.43. The van der Waals surface area contributed by atoms with Crippen LogP contribution in [0, 0.1) is 5.92 Å². The first kappa shape index (κ1) is 17.7. The zero-order chi connectivity index (χ0) is 12.6. The highest BCUT2D eigenvalue weighted by molar-refractivity contribution is 5.49. The fraction of sp³-hybridized carbons (Fsp3) is 0.857. The maximum Gasteiger partial charge on any atom is 0.120 e. The molecule has 2 nitrogen and oxygen atoms in total. The molecule has 0 N–H and O–H groups in total. The van der Waals surface area contributed by atoms with Gasteiger partial charge < -0.3 is 9.59 Å². The molecule has 0 amide bonds. The molecule has 1 atom stereocenters. The molecule has 0 aliphatic carbocycles. The topological polar surface area (TPSA) is 34.1 Å². The van der Waals surface area contributed by atoms with E-state index in [1.54, 1.807) is 0 Å². The van der Waals surface area contributed by atoms with Gasteiger partial charge in [-0.3, -0.25) is 0 Å². The Hall–Kier alpha value is -0.660. The van der Waals surface area contributed by atoms with Gasteiger partial charge >= 0.3 is 0 Å². The molecular weight excluding hydrogens is 200 g/mol. The second-order valence-corrected chi connectivity index (χ2v) is 4.31. The lowest BCUT2D eigenvalue weighted by Crippen LogP contribution is -1.92. The molecule has 0 aromatic carbocycles. The lowest BCUT2D eigenvalue weighted by Gasteiger charge is -2.01. The Morgan fingerprint density at radius 1 is 0.938 bits per heavy atom. The largest absolute Gasteiger partial charge is 0.303 e. The third-order valence-corrected chi connectivity index (χ3v) is 2.46. The van der Waals surface area contributed by atoms with Gasteiger partial charge in [-0.25, -0.2) is 0 Å². The van der Waals surface area contributed by atoms with Crippen LogP contribution in [-0.4, -0.2) is 12.6 Å². The number of carbonyl (C=O) groups excluding carboxylic acids is 2. The Morgan fingerprint density at radius 3 is 2.06 bits per heavy atom. The van der Waals surface area contributed by atoms with Crippen LogP contribution in [-0.2, 0) is 9.59 Å². The lowest BCUT2D eigenvalue weighted by molar-refractivity contribution is -0.109. The molecule has 0 radical (unpaired) electrons. The van der Waals surface area contributed by atoms with E-state index in [1.807, 2.05) is 0 Å². The van der Waals surface area contributed by atoms with Gasteiger partial charge in [-0.2, -0.15) is 0 Å². The van der Waals surface area contributed by atoms with Gasteiger partial charge in [-0.15, -0.1) is 0 Å². The predicted octanol–water partition coefficient (Wildman–Crippen LogP) is 4.17. The van der Waals surface area contributed by atoms with Crippen LogP contribution in [0.15, 0.2) is 0 Å². The highest BCUT2D eigenvalue weighted by atomic mass is 16.1. The van der Waals surface area contributed by atoms with Crippen LogP contribution in [0.25, 0.3) is 0 Å². The molecule has 0 fully saturated rings. The van der Waals surface area contributed by atoms with E-state index >= 15 is 0 Å². The summed E-state index contributed by atoms with van der Waals surface area (Å²) in [6, 6.07) is 0. The Labute approximate surface area is 101 Å². The Balaban J connectivity index is 0. The minimum atomic E-state index is 0.595. The van der Waals surface area contributed by atoms with E-state index in [-0.39, 0.29) is 0 Å². The average Bonchev–Trinajstić information content (AvgIpc) is 2.26. The third-order valence-electron chi connectivity index (χ3n) is 2.46. The molecule has 0 aromatic heterocycles. The van der Waals surface area contributed by atoms with Crippen LogP contribution >= 0.6 is 0 Å². The van der Waals surface area contributed by atoms with Gasteiger partial charge in [0.15, 0.2) is 0 Å². The smallest absolute Gasteiger partial charge is 0.120 e. The fourth-order valence-corrected chi connectivity index (χ4v) is 1.43. The second-order valence-electron chi connectivity index (χ2n) is 4.31. The van der Waals surface area contributed by atoms with E-state index in [9.17, 15) is 9.59 Å². The number of carbonyl (C=O) groups is 2. The minimum Gasteiger partial charge on any atom is -0.303 e. The first-order chi connectivity index (χ1) is 7.72. The number of hydrogen-bond acceptors (Lipinski definition) is 2. The Morgan fingerprint density at radius 2 is 1.62 bits per heavy atom. The third kappa shape index (κ3) is 19.0. The average molecular weight is 228 g/mol. The maximum atomic E-state index is 9.89. The van der Waals surface area contributed by atoms with Crippen LogP contribution in [0.1, 0.15) is 72.1 Å². The molecule has 0 saturated heterocycles.